The second-order valence-corrected chi connectivity index (χ2v) is 6.60. The van der Waals surface area contributed by atoms with Gasteiger partial charge in [-0.3, -0.25) is 4.79 Å². The van der Waals surface area contributed by atoms with Gasteiger partial charge >= 0.3 is 0 Å². The molecule has 0 aliphatic carbocycles. The number of benzene rings is 1. The predicted molar refractivity (Wildman–Crippen MR) is 109 cm³/mol. The molecular formula is C21H20FN5O2. The molecule has 3 N–H and O–H groups in total. The number of hydrogen-bond donors (Lipinski definition) is 2. The Morgan fingerprint density at radius 3 is 2.52 bits per heavy atom. The van der Waals surface area contributed by atoms with E-state index in [1.807, 2.05) is 6.07 Å². The van der Waals surface area contributed by atoms with E-state index in [9.17, 15) is 9.18 Å². The second kappa shape index (κ2) is 8.24. The molecule has 1 saturated heterocycles. The summed E-state index contributed by atoms with van der Waals surface area (Å²) >= 11 is 0. The van der Waals surface area contributed by atoms with E-state index in [0.717, 1.165) is 24.5 Å². The van der Waals surface area contributed by atoms with Gasteiger partial charge in [-0.2, -0.15) is 0 Å². The van der Waals surface area contributed by atoms with Crippen molar-refractivity contribution >= 4 is 23.2 Å². The van der Waals surface area contributed by atoms with Crippen LogP contribution in [0.1, 0.15) is 10.4 Å². The van der Waals surface area contributed by atoms with Crippen LogP contribution in [0, 0.1) is 5.82 Å². The molecule has 0 spiro atoms. The fraction of sp³-hybridized carbons (Fsp3) is 0.190. The summed E-state index contributed by atoms with van der Waals surface area (Å²) in [6, 6.07) is 12.8. The minimum atomic E-state index is -0.360. The third kappa shape index (κ3) is 4.33. The Kier molecular flexibility index (Phi) is 5.35. The van der Waals surface area contributed by atoms with E-state index in [-0.39, 0.29) is 17.5 Å². The number of morpholine rings is 1. The smallest absolute Gasteiger partial charge is 0.258 e. The molecule has 1 fully saturated rings. The molecule has 1 aliphatic rings. The number of halogens is 1. The monoisotopic (exact) mass is 393 g/mol. The maximum Gasteiger partial charge on any atom is 0.258 e. The summed E-state index contributed by atoms with van der Waals surface area (Å²) in [5.41, 5.74) is 8.00. The zero-order chi connectivity index (χ0) is 20.2. The molecular weight excluding hydrogens is 373 g/mol. The number of carbonyl (C=O) groups is 1. The number of nitrogen functional groups attached to an aromatic ring is 1. The third-order valence-corrected chi connectivity index (χ3v) is 4.64. The minimum Gasteiger partial charge on any atom is -0.396 e. The first-order chi connectivity index (χ1) is 14.1. The second-order valence-electron chi connectivity index (χ2n) is 6.60. The van der Waals surface area contributed by atoms with Crippen LogP contribution in [0.2, 0.25) is 0 Å². The highest BCUT2D eigenvalue weighted by atomic mass is 19.1. The zero-order valence-corrected chi connectivity index (χ0v) is 15.6. The summed E-state index contributed by atoms with van der Waals surface area (Å²) in [4.78, 5) is 23.5. The standard InChI is InChI=1S/C21H20FN5O2/c22-16-4-1-14(2-5-16)18-7-6-17(23)20(25-18)26-21(28)15-3-8-19(24-13-15)27-9-11-29-12-10-27/h1-8,13H,9-12,23H2,(H,25,26,28). The first-order valence-electron chi connectivity index (χ1n) is 9.23. The summed E-state index contributed by atoms with van der Waals surface area (Å²) in [5.74, 6) is 0.363. The number of rotatable bonds is 4. The van der Waals surface area contributed by atoms with Gasteiger partial charge in [0, 0.05) is 24.8 Å². The molecule has 0 unspecified atom stereocenters. The summed E-state index contributed by atoms with van der Waals surface area (Å²) < 4.78 is 18.5. The Balaban J connectivity index is 1.50. The predicted octanol–water partition coefficient (Wildman–Crippen LogP) is 2.95. The quantitative estimate of drug-likeness (QED) is 0.708. The number of carbonyl (C=O) groups excluding carboxylic acids is 1. The van der Waals surface area contributed by atoms with Crippen molar-refractivity contribution in [1.82, 2.24) is 9.97 Å². The third-order valence-electron chi connectivity index (χ3n) is 4.64. The molecule has 1 amide bonds. The number of ether oxygens (including phenoxy) is 1. The number of nitrogens with two attached hydrogens (primary N) is 1. The highest BCUT2D eigenvalue weighted by Gasteiger charge is 2.15. The molecule has 0 atom stereocenters. The lowest BCUT2D eigenvalue weighted by Gasteiger charge is -2.27. The van der Waals surface area contributed by atoms with E-state index >= 15 is 0 Å². The van der Waals surface area contributed by atoms with Crippen LogP contribution in [0.5, 0.6) is 0 Å². The van der Waals surface area contributed by atoms with Crippen molar-refractivity contribution in [2.24, 2.45) is 0 Å². The van der Waals surface area contributed by atoms with Crippen molar-refractivity contribution in [1.29, 1.82) is 0 Å². The van der Waals surface area contributed by atoms with Gasteiger partial charge in [-0.25, -0.2) is 14.4 Å². The van der Waals surface area contributed by atoms with Crippen LogP contribution >= 0.6 is 0 Å². The van der Waals surface area contributed by atoms with Gasteiger partial charge < -0.3 is 20.7 Å². The Morgan fingerprint density at radius 2 is 1.83 bits per heavy atom. The fourth-order valence-electron chi connectivity index (χ4n) is 3.03. The van der Waals surface area contributed by atoms with E-state index in [0.29, 0.717) is 30.2 Å². The summed E-state index contributed by atoms with van der Waals surface area (Å²) in [5, 5.41) is 2.72. The molecule has 29 heavy (non-hydrogen) atoms. The van der Waals surface area contributed by atoms with Crippen LogP contribution in [0.3, 0.4) is 0 Å². The first kappa shape index (κ1) is 18.8. The molecule has 0 bridgehead atoms. The normalized spacial score (nSPS) is 13.9. The number of nitrogens with zero attached hydrogens (tertiary/aromatic N) is 3. The molecule has 3 heterocycles. The van der Waals surface area contributed by atoms with Crippen molar-refractivity contribution in [3.05, 3.63) is 66.1 Å². The molecule has 2 aromatic heterocycles. The molecule has 1 aliphatic heterocycles. The summed E-state index contributed by atoms with van der Waals surface area (Å²) in [6.07, 6.45) is 1.53. The SMILES string of the molecule is Nc1ccc(-c2ccc(F)cc2)nc1NC(=O)c1ccc(N2CCOCC2)nc1. The molecule has 148 valence electrons. The maximum absolute atomic E-state index is 13.1. The van der Waals surface area contributed by atoms with Gasteiger partial charge in [0.2, 0.25) is 0 Å². The minimum absolute atomic E-state index is 0.245. The van der Waals surface area contributed by atoms with E-state index in [1.54, 1.807) is 30.3 Å². The lowest BCUT2D eigenvalue weighted by atomic mass is 10.1. The average Bonchev–Trinajstić information content (AvgIpc) is 2.76. The Morgan fingerprint density at radius 1 is 1.07 bits per heavy atom. The van der Waals surface area contributed by atoms with Crippen molar-refractivity contribution < 1.29 is 13.9 Å². The summed E-state index contributed by atoms with van der Waals surface area (Å²) in [7, 11) is 0. The number of hydrogen-bond acceptors (Lipinski definition) is 6. The molecule has 0 saturated carbocycles. The van der Waals surface area contributed by atoms with Crippen molar-refractivity contribution in [2.45, 2.75) is 0 Å². The maximum atomic E-state index is 13.1. The van der Waals surface area contributed by atoms with Crippen LogP contribution < -0.4 is 16.0 Å². The van der Waals surface area contributed by atoms with Gasteiger partial charge in [-0.15, -0.1) is 0 Å². The molecule has 0 radical (unpaired) electrons. The Hall–Kier alpha value is -3.52. The van der Waals surface area contributed by atoms with Gasteiger partial charge in [-0.1, -0.05) is 0 Å². The van der Waals surface area contributed by atoms with Crippen molar-refractivity contribution in [2.75, 3.05) is 42.3 Å². The van der Waals surface area contributed by atoms with Gasteiger partial charge in [0.1, 0.15) is 11.6 Å². The number of nitrogens with one attached hydrogen (secondary N) is 1. The Labute approximate surface area is 167 Å². The first-order valence-corrected chi connectivity index (χ1v) is 9.23. The van der Waals surface area contributed by atoms with Crippen molar-refractivity contribution in [3.63, 3.8) is 0 Å². The van der Waals surface area contributed by atoms with E-state index in [1.165, 1.54) is 18.3 Å². The summed E-state index contributed by atoms with van der Waals surface area (Å²) in [6.45, 7) is 2.88. The fourth-order valence-corrected chi connectivity index (χ4v) is 3.03. The molecule has 1 aromatic carbocycles. The number of amides is 1. The highest BCUT2D eigenvalue weighted by Crippen LogP contribution is 2.24. The number of pyridine rings is 2. The zero-order valence-electron chi connectivity index (χ0n) is 15.6. The lowest BCUT2D eigenvalue weighted by molar-refractivity contribution is 0.102. The van der Waals surface area contributed by atoms with E-state index < -0.39 is 0 Å². The van der Waals surface area contributed by atoms with Gasteiger partial charge in [0.25, 0.3) is 5.91 Å². The molecule has 8 heteroatoms. The highest BCUT2D eigenvalue weighted by molar-refractivity contribution is 6.05. The van der Waals surface area contributed by atoms with Crippen LogP contribution in [0.15, 0.2) is 54.7 Å². The van der Waals surface area contributed by atoms with Crippen LogP contribution in [0.4, 0.5) is 21.7 Å². The largest absolute Gasteiger partial charge is 0.396 e. The topological polar surface area (TPSA) is 93.4 Å². The van der Waals surface area contributed by atoms with Crippen LogP contribution in [-0.2, 0) is 4.74 Å². The van der Waals surface area contributed by atoms with Crippen molar-refractivity contribution in [3.8, 4) is 11.3 Å². The molecule has 3 aromatic rings. The Bertz CT molecular complexity index is 1000. The lowest BCUT2D eigenvalue weighted by Crippen LogP contribution is -2.36. The van der Waals surface area contributed by atoms with Crippen LogP contribution in [0.25, 0.3) is 11.3 Å². The molecule has 4 rings (SSSR count). The molecule has 7 nitrogen and oxygen atoms in total. The number of aromatic nitrogens is 2. The van der Waals surface area contributed by atoms with Crippen LogP contribution in [-0.4, -0.2) is 42.2 Å². The van der Waals surface area contributed by atoms with E-state index in [4.69, 9.17) is 10.5 Å². The number of anilines is 3. The van der Waals surface area contributed by atoms with Gasteiger partial charge in [0.05, 0.1) is 30.2 Å². The van der Waals surface area contributed by atoms with E-state index in [2.05, 4.69) is 20.2 Å². The van der Waals surface area contributed by atoms with Gasteiger partial charge in [0.15, 0.2) is 5.82 Å². The van der Waals surface area contributed by atoms with Gasteiger partial charge in [-0.05, 0) is 48.5 Å². The average molecular weight is 393 g/mol.